The summed E-state index contributed by atoms with van der Waals surface area (Å²) < 4.78 is 23.5. The summed E-state index contributed by atoms with van der Waals surface area (Å²) in [5.41, 5.74) is 1.59. The number of hydrogen-bond acceptors (Lipinski definition) is 8. The van der Waals surface area contributed by atoms with E-state index in [0.29, 0.717) is 28.9 Å². The summed E-state index contributed by atoms with van der Waals surface area (Å²) in [6.07, 6.45) is 1.02. The molecule has 0 saturated carbocycles. The number of aromatic nitrogens is 2. The average Bonchev–Trinajstić information content (AvgIpc) is 3.36. The van der Waals surface area contributed by atoms with Crippen LogP contribution in [0.1, 0.15) is 54.0 Å². The molecule has 3 heterocycles. The van der Waals surface area contributed by atoms with E-state index < -0.39 is 30.0 Å². The second kappa shape index (κ2) is 9.43. The number of carbonyl (C=O) groups is 2. The molecular weight excluding hydrogens is 473 g/mol. The van der Waals surface area contributed by atoms with Crippen LogP contribution in [-0.4, -0.2) is 46.6 Å². The molecule has 0 unspecified atom stereocenters. The molecule has 3 aromatic rings. The SMILES string of the molecule is Cc1ccc(-c2cc(-c3cc(B4OC(C)(C)C(C)(C)O4)cnc3N(C=O)C(=O)OC(C)(C)C)on2)cc1. The van der Waals surface area contributed by atoms with Crippen LogP contribution >= 0.6 is 0 Å². The largest absolute Gasteiger partial charge is 0.496 e. The van der Waals surface area contributed by atoms with Gasteiger partial charge in [-0.25, -0.2) is 9.78 Å². The van der Waals surface area contributed by atoms with E-state index >= 15 is 0 Å². The van der Waals surface area contributed by atoms with Crippen LogP contribution in [0.5, 0.6) is 0 Å². The summed E-state index contributed by atoms with van der Waals surface area (Å²) >= 11 is 0. The summed E-state index contributed by atoms with van der Waals surface area (Å²) in [5, 5.41) is 4.21. The van der Waals surface area contributed by atoms with Crippen LogP contribution in [0.15, 0.2) is 47.1 Å². The van der Waals surface area contributed by atoms with E-state index in [1.807, 2.05) is 58.9 Å². The lowest BCUT2D eigenvalue weighted by atomic mass is 9.79. The van der Waals surface area contributed by atoms with Crippen molar-refractivity contribution in [1.29, 1.82) is 0 Å². The zero-order valence-electron chi connectivity index (χ0n) is 22.5. The molecule has 1 aromatic carbocycles. The molecule has 37 heavy (non-hydrogen) atoms. The second-order valence-electron chi connectivity index (χ2n) is 11.1. The third kappa shape index (κ3) is 5.45. The first-order valence-electron chi connectivity index (χ1n) is 12.1. The quantitative estimate of drug-likeness (QED) is 0.356. The Labute approximate surface area is 217 Å². The van der Waals surface area contributed by atoms with Crippen molar-refractivity contribution in [3.05, 3.63) is 48.2 Å². The summed E-state index contributed by atoms with van der Waals surface area (Å²) in [7, 11) is -0.712. The Kier molecular flexibility index (Phi) is 6.77. The molecule has 194 valence electrons. The van der Waals surface area contributed by atoms with Crippen LogP contribution in [0.3, 0.4) is 0 Å². The minimum absolute atomic E-state index is 0.0381. The highest BCUT2D eigenvalue weighted by molar-refractivity contribution is 6.62. The third-order valence-electron chi connectivity index (χ3n) is 6.46. The highest BCUT2D eigenvalue weighted by Crippen LogP contribution is 2.37. The van der Waals surface area contributed by atoms with Gasteiger partial charge in [-0.1, -0.05) is 35.0 Å². The Balaban J connectivity index is 1.80. The number of hydrogen-bond donors (Lipinski definition) is 0. The van der Waals surface area contributed by atoms with Gasteiger partial charge in [0.05, 0.1) is 16.8 Å². The minimum atomic E-state index is -0.863. The van der Waals surface area contributed by atoms with Gasteiger partial charge < -0.3 is 18.6 Å². The summed E-state index contributed by atoms with van der Waals surface area (Å²) in [5.74, 6) is 0.350. The van der Waals surface area contributed by atoms with Crippen molar-refractivity contribution in [3.8, 4) is 22.6 Å². The zero-order valence-corrected chi connectivity index (χ0v) is 22.5. The minimum Gasteiger partial charge on any atom is -0.443 e. The third-order valence-corrected chi connectivity index (χ3v) is 6.46. The average molecular weight is 505 g/mol. The Bertz CT molecular complexity index is 1290. The van der Waals surface area contributed by atoms with Crippen LogP contribution in [-0.2, 0) is 18.8 Å². The molecule has 10 heteroatoms. The molecule has 0 spiro atoms. The van der Waals surface area contributed by atoms with Crippen LogP contribution in [0.4, 0.5) is 10.6 Å². The topological polar surface area (TPSA) is 104 Å². The number of nitrogens with zero attached hydrogens (tertiary/aromatic N) is 3. The van der Waals surface area contributed by atoms with Crippen molar-refractivity contribution < 1.29 is 28.2 Å². The van der Waals surface area contributed by atoms with E-state index in [0.717, 1.165) is 16.0 Å². The number of imide groups is 1. The van der Waals surface area contributed by atoms with E-state index in [2.05, 4.69) is 10.1 Å². The fraction of sp³-hybridized carbons (Fsp3) is 0.407. The van der Waals surface area contributed by atoms with Gasteiger partial charge in [-0.05, 0) is 61.5 Å². The molecule has 2 amide bonds. The normalized spacial score (nSPS) is 16.5. The number of rotatable bonds is 5. The van der Waals surface area contributed by atoms with E-state index in [1.165, 1.54) is 6.20 Å². The van der Waals surface area contributed by atoms with Crippen molar-refractivity contribution in [2.75, 3.05) is 4.90 Å². The standard InChI is InChI=1S/C27H32BN3O6/c1-17-9-11-18(12-10-17)21-14-22(35-30-21)20-13-19(28-36-26(5,6)27(7,8)37-28)15-29-23(20)31(16-32)24(33)34-25(2,3)4/h9-16H,1-8H3. The van der Waals surface area contributed by atoms with Gasteiger partial charge in [0.15, 0.2) is 11.6 Å². The molecule has 0 aliphatic carbocycles. The molecule has 4 rings (SSSR count). The molecular formula is C27H32BN3O6. The number of pyridine rings is 1. The van der Waals surface area contributed by atoms with Crippen molar-refractivity contribution in [3.63, 3.8) is 0 Å². The Morgan fingerprint density at radius 3 is 2.24 bits per heavy atom. The Morgan fingerprint density at radius 2 is 1.68 bits per heavy atom. The van der Waals surface area contributed by atoms with Gasteiger partial charge in [-0.15, -0.1) is 0 Å². The predicted molar refractivity (Wildman–Crippen MR) is 140 cm³/mol. The monoisotopic (exact) mass is 505 g/mol. The first-order valence-corrected chi connectivity index (χ1v) is 12.1. The second-order valence-corrected chi connectivity index (χ2v) is 11.1. The maximum absolute atomic E-state index is 12.9. The van der Waals surface area contributed by atoms with Gasteiger partial charge >= 0.3 is 13.2 Å². The van der Waals surface area contributed by atoms with Gasteiger partial charge in [0.2, 0.25) is 6.41 Å². The van der Waals surface area contributed by atoms with Gasteiger partial charge in [-0.2, -0.15) is 4.90 Å². The van der Waals surface area contributed by atoms with E-state index in [9.17, 15) is 9.59 Å². The lowest BCUT2D eigenvalue weighted by Crippen LogP contribution is -2.41. The summed E-state index contributed by atoms with van der Waals surface area (Å²) in [6, 6.07) is 11.3. The van der Waals surface area contributed by atoms with Gasteiger partial charge in [0.25, 0.3) is 0 Å². The fourth-order valence-corrected chi connectivity index (χ4v) is 3.71. The van der Waals surface area contributed by atoms with Crippen molar-refractivity contribution in [2.45, 2.75) is 72.2 Å². The molecule has 0 bridgehead atoms. The van der Waals surface area contributed by atoms with Crippen molar-refractivity contribution in [1.82, 2.24) is 10.1 Å². The number of amides is 2. The van der Waals surface area contributed by atoms with Crippen LogP contribution < -0.4 is 10.4 Å². The number of aryl methyl sites for hydroxylation is 1. The zero-order chi connectivity index (χ0) is 27.2. The van der Waals surface area contributed by atoms with Gasteiger partial charge in [-0.3, -0.25) is 4.79 Å². The lowest BCUT2D eigenvalue weighted by Gasteiger charge is -2.32. The molecule has 0 atom stereocenters. The molecule has 1 fully saturated rings. The molecule has 1 aliphatic rings. The van der Waals surface area contributed by atoms with Crippen molar-refractivity contribution in [2.24, 2.45) is 0 Å². The predicted octanol–water partition coefficient (Wildman–Crippen LogP) is 4.91. The smallest absolute Gasteiger partial charge is 0.443 e. The maximum atomic E-state index is 12.9. The fourth-order valence-electron chi connectivity index (χ4n) is 3.71. The highest BCUT2D eigenvalue weighted by Gasteiger charge is 2.52. The molecule has 9 nitrogen and oxygen atoms in total. The summed E-state index contributed by atoms with van der Waals surface area (Å²) in [4.78, 5) is 30.2. The van der Waals surface area contributed by atoms with Crippen LogP contribution in [0.25, 0.3) is 22.6 Å². The summed E-state index contributed by atoms with van der Waals surface area (Å²) in [6.45, 7) is 15.0. The highest BCUT2D eigenvalue weighted by atomic mass is 16.7. The molecule has 0 N–H and O–H groups in total. The molecule has 2 aromatic heterocycles. The first kappa shape index (κ1) is 26.6. The van der Waals surface area contributed by atoms with E-state index in [4.69, 9.17) is 18.6 Å². The lowest BCUT2D eigenvalue weighted by molar-refractivity contribution is -0.107. The van der Waals surface area contributed by atoms with Crippen LogP contribution in [0.2, 0.25) is 0 Å². The number of carbonyl (C=O) groups excluding carboxylic acids is 2. The number of ether oxygens (including phenoxy) is 1. The van der Waals surface area contributed by atoms with E-state index in [1.54, 1.807) is 32.9 Å². The number of benzene rings is 1. The number of anilines is 1. The Hall–Kier alpha value is -3.50. The molecule has 0 radical (unpaired) electrons. The van der Waals surface area contributed by atoms with Gasteiger partial charge in [0.1, 0.15) is 11.3 Å². The molecule has 1 aliphatic heterocycles. The van der Waals surface area contributed by atoms with Crippen LogP contribution in [0, 0.1) is 6.92 Å². The van der Waals surface area contributed by atoms with E-state index in [-0.39, 0.29) is 5.82 Å². The first-order chi connectivity index (χ1) is 17.2. The Morgan fingerprint density at radius 1 is 1.05 bits per heavy atom. The van der Waals surface area contributed by atoms with Gasteiger partial charge in [0, 0.05) is 23.3 Å². The molecule has 1 saturated heterocycles. The van der Waals surface area contributed by atoms with Crippen molar-refractivity contribution >= 4 is 30.9 Å². The maximum Gasteiger partial charge on any atom is 0.496 e.